The minimum Gasteiger partial charge on any atom is -0.453 e. The summed E-state index contributed by atoms with van der Waals surface area (Å²) in [6.07, 6.45) is -0.860. The Morgan fingerprint density at radius 3 is 2.50 bits per heavy atom. The molecule has 0 aliphatic heterocycles. The van der Waals surface area contributed by atoms with Crippen LogP contribution in [0.5, 0.6) is 0 Å². The number of carbonyl (C=O) groups is 3. The second kappa shape index (κ2) is 7.22. The van der Waals surface area contributed by atoms with E-state index in [-0.39, 0.29) is 5.56 Å². The molecular weight excluding hydrogens is 374 g/mol. The molecule has 7 nitrogen and oxygen atoms in total. The monoisotopic (exact) mass is 389 g/mol. The summed E-state index contributed by atoms with van der Waals surface area (Å²) in [6, 6.07) is 7.45. The number of fused-ring (bicyclic) bond motifs is 1. The van der Waals surface area contributed by atoms with Gasteiger partial charge in [0.05, 0.1) is 22.9 Å². The van der Waals surface area contributed by atoms with Crippen molar-refractivity contribution in [2.45, 2.75) is 13.8 Å². The number of aryl methyl sites for hydroxylation is 1. The van der Waals surface area contributed by atoms with E-state index in [4.69, 9.17) is 0 Å². The van der Waals surface area contributed by atoms with Crippen molar-refractivity contribution in [1.29, 1.82) is 0 Å². The second-order valence-corrected chi connectivity index (χ2v) is 7.63. The van der Waals surface area contributed by atoms with Gasteiger partial charge in [-0.1, -0.05) is 12.1 Å². The number of thiophene rings is 1. The summed E-state index contributed by atoms with van der Waals surface area (Å²) in [4.78, 5) is 41.4. The van der Waals surface area contributed by atoms with Crippen LogP contribution in [-0.4, -0.2) is 30.0 Å². The minimum absolute atomic E-state index is 0.243. The van der Waals surface area contributed by atoms with Crippen molar-refractivity contribution >= 4 is 55.8 Å². The number of amides is 3. The van der Waals surface area contributed by atoms with E-state index in [2.05, 4.69) is 20.4 Å². The molecule has 0 radical (unpaired) electrons. The fourth-order valence-corrected chi connectivity index (χ4v) is 4.23. The zero-order chi connectivity index (χ0) is 18.8. The van der Waals surface area contributed by atoms with Gasteiger partial charge in [-0.05, 0) is 31.5 Å². The molecule has 134 valence electrons. The molecule has 26 heavy (non-hydrogen) atoms. The van der Waals surface area contributed by atoms with Gasteiger partial charge in [0, 0.05) is 4.88 Å². The van der Waals surface area contributed by atoms with Crippen molar-refractivity contribution in [3.05, 3.63) is 45.3 Å². The van der Waals surface area contributed by atoms with E-state index in [0.717, 1.165) is 15.1 Å². The third-order valence-corrected chi connectivity index (χ3v) is 5.89. The Morgan fingerprint density at radius 2 is 1.81 bits per heavy atom. The number of carbonyl (C=O) groups excluding carboxylic acids is 3. The molecule has 0 bridgehead atoms. The van der Waals surface area contributed by atoms with Crippen LogP contribution in [0.2, 0.25) is 0 Å². The number of anilines is 1. The topological polar surface area (TPSA) is 97.4 Å². The first-order valence-corrected chi connectivity index (χ1v) is 9.20. The number of imide groups is 1. The quantitative estimate of drug-likeness (QED) is 0.711. The first kappa shape index (κ1) is 18.0. The Bertz CT molecular complexity index is 989. The summed E-state index contributed by atoms with van der Waals surface area (Å²) in [7, 11) is 1.17. The molecule has 3 rings (SSSR count). The van der Waals surface area contributed by atoms with Crippen molar-refractivity contribution in [3.8, 4) is 0 Å². The molecule has 2 heterocycles. The summed E-state index contributed by atoms with van der Waals surface area (Å²) < 4.78 is 5.35. The summed E-state index contributed by atoms with van der Waals surface area (Å²) >= 11 is 2.54. The Kier molecular flexibility index (Phi) is 5.01. The highest BCUT2D eigenvalue weighted by Gasteiger charge is 2.24. The average Bonchev–Trinajstić information content (AvgIpc) is 3.16. The van der Waals surface area contributed by atoms with Gasteiger partial charge in [0.1, 0.15) is 5.00 Å². The number of methoxy groups -OCH3 is 1. The fourth-order valence-electron chi connectivity index (χ4n) is 2.32. The molecule has 0 spiro atoms. The first-order chi connectivity index (χ1) is 12.4. The van der Waals surface area contributed by atoms with E-state index in [1.165, 1.54) is 29.8 Å². The maximum absolute atomic E-state index is 12.6. The lowest BCUT2D eigenvalue weighted by Crippen LogP contribution is -2.31. The predicted molar refractivity (Wildman–Crippen MR) is 101 cm³/mol. The molecule has 0 aliphatic carbocycles. The van der Waals surface area contributed by atoms with E-state index in [0.29, 0.717) is 15.6 Å². The SMILES string of the molecule is COC(=O)NC(=O)c1c(NC(=O)c2nc3ccccc3s2)sc(C)c1C. The van der Waals surface area contributed by atoms with Gasteiger partial charge in [-0.15, -0.1) is 22.7 Å². The first-order valence-electron chi connectivity index (χ1n) is 7.57. The standard InChI is InChI=1S/C17H15N3O4S2/c1-8-9(2)25-15(12(8)13(21)20-17(23)24-3)19-14(22)16-18-10-6-4-5-7-11(10)26-16/h4-7H,1-3H3,(H,19,22)(H,20,21,23). The van der Waals surface area contributed by atoms with Crippen LogP contribution in [0.25, 0.3) is 10.2 Å². The van der Waals surface area contributed by atoms with E-state index in [1.54, 1.807) is 6.92 Å². The number of rotatable bonds is 3. The summed E-state index contributed by atoms with van der Waals surface area (Å²) in [5.74, 6) is -1.03. The number of nitrogens with one attached hydrogen (secondary N) is 2. The number of hydrogen-bond donors (Lipinski definition) is 2. The number of ether oxygens (including phenoxy) is 1. The van der Waals surface area contributed by atoms with Crippen LogP contribution in [-0.2, 0) is 4.74 Å². The Labute approximate surface area is 157 Å². The van der Waals surface area contributed by atoms with Crippen molar-refractivity contribution in [1.82, 2.24) is 10.3 Å². The molecule has 1 aromatic carbocycles. The molecule has 2 N–H and O–H groups in total. The fraction of sp³-hybridized carbons (Fsp3) is 0.176. The molecule has 3 aromatic rings. The van der Waals surface area contributed by atoms with Gasteiger partial charge in [0.2, 0.25) is 0 Å². The van der Waals surface area contributed by atoms with Crippen LogP contribution >= 0.6 is 22.7 Å². The van der Waals surface area contributed by atoms with Gasteiger partial charge in [-0.2, -0.15) is 0 Å². The third-order valence-electron chi connectivity index (χ3n) is 3.73. The smallest absolute Gasteiger partial charge is 0.413 e. The lowest BCUT2D eigenvalue weighted by Gasteiger charge is -2.06. The van der Waals surface area contributed by atoms with Gasteiger partial charge in [0.25, 0.3) is 11.8 Å². The van der Waals surface area contributed by atoms with E-state index < -0.39 is 17.9 Å². The zero-order valence-corrected chi connectivity index (χ0v) is 15.8. The van der Waals surface area contributed by atoms with Gasteiger partial charge in [0.15, 0.2) is 5.01 Å². The second-order valence-electron chi connectivity index (χ2n) is 5.37. The highest BCUT2D eigenvalue weighted by atomic mass is 32.1. The number of alkyl carbamates (subject to hydrolysis) is 1. The van der Waals surface area contributed by atoms with Crippen LogP contribution in [0, 0.1) is 13.8 Å². The van der Waals surface area contributed by atoms with Gasteiger partial charge in [-0.3, -0.25) is 14.9 Å². The summed E-state index contributed by atoms with van der Waals surface area (Å²) in [5, 5.41) is 5.52. The van der Waals surface area contributed by atoms with E-state index in [1.807, 2.05) is 31.2 Å². The van der Waals surface area contributed by atoms with Gasteiger partial charge in [-0.25, -0.2) is 9.78 Å². The van der Waals surface area contributed by atoms with Crippen molar-refractivity contribution in [2.75, 3.05) is 12.4 Å². The largest absolute Gasteiger partial charge is 0.453 e. The van der Waals surface area contributed by atoms with E-state index >= 15 is 0 Å². The van der Waals surface area contributed by atoms with Gasteiger partial charge < -0.3 is 10.1 Å². The van der Waals surface area contributed by atoms with Crippen LogP contribution in [0.3, 0.4) is 0 Å². The van der Waals surface area contributed by atoms with Crippen molar-refractivity contribution < 1.29 is 19.1 Å². The molecule has 2 aromatic heterocycles. The summed E-state index contributed by atoms with van der Waals surface area (Å²) in [6.45, 7) is 3.59. The van der Waals surface area contributed by atoms with E-state index in [9.17, 15) is 14.4 Å². The van der Waals surface area contributed by atoms with Crippen LogP contribution in [0.1, 0.15) is 30.6 Å². The molecular formula is C17H15N3O4S2. The normalized spacial score (nSPS) is 10.6. The Morgan fingerprint density at radius 1 is 1.08 bits per heavy atom. The lowest BCUT2D eigenvalue weighted by atomic mass is 10.1. The maximum Gasteiger partial charge on any atom is 0.413 e. The van der Waals surface area contributed by atoms with Crippen molar-refractivity contribution in [2.24, 2.45) is 0 Å². The highest BCUT2D eigenvalue weighted by Crippen LogP contribution is 2.33. The summed E-state index contributed by atoms with van der Waals surface area (Å²) in [5.41, 5.74) is 1.67. The lowest BCUT2D eigenvalue weighted by molar-refractivity contribution is 0.0937. The van der Waals surface area contributed by atoms with Crippen LogP contribution in [0.15, 0.2) is 24.3 Å². The molecule has 0 saturated carbocycles. The third kappa shape index (κ3) is 3.44. The molecule has 0 atom stereocenters. The number of nitrogens with zero attached hydrogens (tertiary/aromatic N) is 1. The number of hydrogen-bond acceptors (Lipinski definition) is 7. The Hall–Kier alpha value is -2.78. The number of aromatic nitrogens is 1. The zero-order valence-electron chi connectivity index (χ0n) is 14.2. The maximum atomic E-state index is 12.6. The van der Waals surface area contributed by atoms with Crippen LogP contribution < -0.4 is 10.6 Å². The number of para-hydroxylation sites is 1. The molecule has 0 fully saturated rings. The van der Waals surface area contributed by atoms with Gasteiger partial charge >= 0.3 is 6.09 Å². The highest BCUT2D eigenvalue weighted by molar-refractivity contribution is 7.20. The minimum atomic E-state index is -0.860. The number of benzene rings is 1. The molecule has 0 saturated heterocycles. The predicted octanol–water partition coefficient (Wildman–Crippen LogP) is 3.72. The van der Waals surface area contributed by atoms with Crippen molar-refractivity contribution in [3.63, 3.8) is 0 Å². The number of thiazole rings is 1. The van der Waals surface area contributed by atoms with Crippen LogP contribution in [0.4, 0.5) is 9.80 Å². The molecule has 0 aliphatic rings. The molecule has 0 unspecified atom stereocenters. The molecule has 9 heteroatoms. The molecule has 3 amide bonds. The average molecular weight is 389 g/mol. The Balaban J connectivity index is 1.89.